The molecule has 1 aromatic heterocycles. The Labute approximate surface area is 134 Å². The number of ether oxygens (including phenoxy) is 1. The molecule has 1 aromatic carbocycles. The summed E-state index contributed by atoms with van der Waals surface area (Å²) in [5, 5.41) is 0. The number of methoxy groups -OCH3 is 1. The molecule has 0 spiro atoms. The lowest BCUT2D eigenvalue weighted by Crippen LogP contribution is -2.38. The van der Waals surface area contributed by atoms with E-state index in [0.29, 0.717) is 5.52 Å². The van der Waals surface area contributed by atoms with E-state index < -0.39 is 5.92 Å². The van der Waals surface area contributed by atoms with Crippen LogP contribution in [0.2, 0.25) is 0 Å². The van der Waals surface area contributed by atoms with E-state index in [4.69, 9.17) is 0 Å². The maximum atomic E-state index is 12.4. The molecule has 2 rings (SSSR count). The molecule has 1 amide bonds. The van der Waals surface area contributed by atoms with Gasteiger partial charge in [-0.3, -0.25) is 18.7 Å². The Hall–Kier alpha value is -2.57. The first-order chi connectivity index (χ1) is 10.9. The summed E-state index contributed by atoms with van der Waals surface area (Å²) < 4.78 is 7.61. The van der Waals surface area contributed by atoms with E-state index in [1.54, 1.807) is 27.1 Å². The summed E-state index contributed by atoms with van der Waals surface area (Å²) in [6.45, 7) is 1.87. The molecule has 1 atom stereocenters. The molecule has 0 radical (unpaired) electrons. The van der Waals surface area contributed by atoms with E-state index in [1.165, 1.54) is 21.1 Å². The number of amides is 1. The summed E-state index contributed by atoms with van der Waals surface area (Å²) in [7, 11) is 4.60. The van der Waals surface area contributed by atoms with Gasteiger partial charge >= 0.3 is 11.7 Å². The van der Waals surface area contributed by atoms with Gasteiger partial charge in [0.05, 0.1) is 24.1 Å². The van der Waals surface area contributed by atoms with Gasteiger partial charge < -0.3 is 9.64 Å². The van der Waals surface area contributed by atoms with Crippen molar-refractivity contribution in [3.8, 4) is 0 Å². The van der Waals surface area contributed by atoms with Crippen LogP contribution in [0.1, 0.15) is 6.92 Å². The zero-order valence-electron chi connectivity index (χ0n) is 13.8. The number of nitrogens with zero attached hydrogens (tertiary/aromatic N) is 3. The standard InChI is InChI=1S/C16H21N3O4/c1-11(15(21)23-4)9-17(2)14(20)10-19-13-8-6-5-7-12(13)18(3)16(19)22/h5-8,11H,9-10H2,1-4H3. The second-order valence-corrected chi connectivity index (χ2v) is 5.61. The highest BCUT2D eigenvalue weighted by molar-refractivity contribution is 5.81. The number of aromatic nitrogens is 2. The lowest BCUT2D eigenvalue weighted by molar-refractivity contribution is -0.146. The number of carbonyl (C=O) groups is 2. The summed E-state index contributed by atoms with van der Waals surface area (Å²) in [5.41, 5.74) is 1.24. The number of likely N-dealkylation sites (N-methyl/N-ethyl adjacent to an activating group) is 1. The van der Waals surface area contributed by atoms with Crippen molar-refractivity contribution in [2.45, 2.75) is 13.5 Å². The van der Waals surface area contributed by atoms with Crippen LogP contribution in [-0.2, 0) is 27.9 Å². The zero-order valence-corrected chi connectivity index (χ0v) is 13.8. The Bertz CT molecular complexity index is 790. The van der Waals surface area contributed by atoms with Crippen molar-refractivity contribution in [3.63, 3.8) is 0 Å². The van der Waals surface area contributed by atoms with Crippen LogP contribution in [-0.4, -0.2) is 46.6 Å². The maximum absolute atomic E-state index is 12.4. The molecule has 0 aliphatic rings. The number of aryl methyl sites for hydroxylation is 1. The highest BCUT2D eigenvalue weighted by atomic mass is 16.5. The summed E-state index contributed by atoms with van der Waals surface area (Å²) in [4.78, 5) is 37.6. The predicted octanol–water partition coefficient (Wildman–Crippen LogP) is 0.608. The molecule has 0 saturated carbocycles. The molecule has 0 bridgehead atoms. The predicted molar refractivity (Wildman–Crippen MR) is 86.0 cm³/mol. The fourth-order valence-electron chi connectivity index (χ4n) is 2.56. The molecule has 0 N–H and O–H groups in total. The summed E-state index contributed by atoms with van der Waals surface area (Å²) in [6, 6.07) is 7.31. The Morgan fingerprint density at radius 2 is 1.87 bits per heavy atom. The molecule has 2 aromatic rings. The molecule has 124 valence electrons. The number of hydrogen-bond donors (Lipinski definition) is 0. The summed E-state index contributed by atoms with van der Waals surface area (Å²) in [6.07, 6.45) is 0. The van der Waals surface area contributed by atoms with Crippen LogP contribution in [0.25, 0.3) is 11.0 Å². The maximum Gasteiger partial charge on any atom is 0.329 e. The van der Waals surface area contributed by atoms with Crippen LogP contribution >= 0.6 is 0 Å². The third-order valence-corrected chi connectivity index (χ3v) is 3.92. The largest absolute Gasteiger partial charge is 0.469 e. The zero-order chi connectivity index (χ0) is 17.1. The monoisotopic (exact) mass is 319 g/mol. The molecule has 1 heterocycles. The normalized spacial score (nSPS) is 12.2. The number of imidazole rings is 1. The van der Waals surface area contributed by atoms with Crippen molar-refractivity contribution in [1.29, 1.82) is 0 Å². The van der Waals surface area contributed by atoms with Gasteiger partial charge in [-0.2, -0.15) is 0 Å². The smallest absolute Gasteiger partial charge is 0.329 e. The number of hydrogen-bond acceptors (Lipinski definition) is 4. The minimum atomic E-state index is -0.418. The fraction of sp³-hybridized carbons (Fsp3) is 0.438. The van der Waals surface area contributed by atoms with Gasteiger partial charge in [0.25, 0.3) is 0 Å². The van der Waals surface area contributed by atoms with E-state index >= 15 is 0 Å². The molecule has 0 aliphatic heterocycles. The Kier molecular flexibility index (Phi) is 4.88. The molecule has 0 saturated heterocycles. The SMILES string of the molecule is COC(=O)C(C)CN(C)C(=O)Cn1c(=O)n(C)c2ccccc21. The number of para-hydroxylation sites is 2. The molecule has 1 unspecified atom stereocenters. The molecule has 0 fully saturated rings. The topological polar surface area (TPSA) is 73.5 Å². The summed E-state index contributed by atoms with van der Waals surface area (Å²) in [5.74, 6) is -1.02. The van der Waals surface area contributed by atoms with Crippen LogP contribution < -0.4 is 5.69 Å². The lowest BCUT2D eigenvalue weighted by atomic mass is 10.2. The van der Waals surface area contributed by atoms with E-state index in [2.05, 4.69) is 4.74 Å². The van der Waals surface area contributed by atoms with Gasteiger partial charge in [0.1, 0.15) is 6.54 Å². The molecule has 0 aliphatic carbocycles. The van der Waals surface area contributed by atoms with Crippen molar-refractivity contribution >= 4 is 22.9 Å². The number of esters is 1. The molecule has 7 nitrogen and oxygen atoms in total. The van der Waals surface area contributed by atoms with Crippen LogP contribution in [0.3, 0.4) is 0 Å². The summed E-state index contributed by atoms with van der Waals surface area (Å²) >= 11 is 0. The second kappa shape index (κ2) is 6.68. The van der Waals surface area contributed by atoms with Gasteiger partial charge in [-0.15, -0.1) is 0 Å². The minimum absolute atomic E-state index is 0.0649. The molecule has 7 heteroatoms. The first-order valence-corrected chi connectivity index (χ1v) is 7.32. The van der Waals surface area contributed by atoms with Crippen LogP contribution in [0.4, 0.5) is 0 Å². The number of rotatable bonds is 5. The number of benzene rings is 1. The average molecular weight is 319 g/mol. The van der Waals surface area contributed by atoms with Crippen molar-refractivity contribution in [2.24, 2.45) is 13.0 Å². The first kappa shape index (κ1) is 16.8. The van der Waals surface area contributed by atoms with Crippen molar-refractivity contribution < 1.29 is 14.3 Å². The number of carbonyl (C=O) groups excluding carboxylic acids is 2. The first-order valence-electron chi connectivity index (χ1n) is 7.32. The van der Waals surface area contributed by atoms with E-state index in [9.17, 15) is 14.4 Å². The van der Waals surface area contributed by atoms with Gasteiger partial charge in [-0.1, -0.05) is 19.1 Å². The van der Waals surface area contributed by atoms with Crippen molar-refractivity contribution in [2.75, 3.05) is 20.7 Å². The van der Waals surface area contributed by atoms with E-state index in [0.717, 1.165) is 5.52 Å². The lowest BCUT2D eigenvalue weighted by Gasteiger charge is -2.20. The molecular weight excluding hydrogens is 298 g/mol. The highest BCUT2D eigenvalue weighted by Gasteiger charge is 2.20. The third kappa shape index (κ3) is 3.28. The van der Waals surface area contributed by atoms with E-state index in [1.807, 2.05) is 18.2 Å². The van der Waals surface area contributed by atoms with E-state index in [-0.39, 0.29) is 30.7 Å². The Balaban J connectivity index is 2.19. The highest BCUT2D eigenvalue weighted by Crippen LogP contribution is 2.12. The second-order valence-electron chi connectivity index (χ2n) is 5.61. The Morgan fingerprint density at radius 1 is 1.26 bits per heavy atom. The van der Waals surface area contributed by atoms with Crippen LogP contribution in [0, 0.1) is 5.92 Å². The van der Waals surface area contributed by atoms with Gasteiger partial charge in [-0.05, 0) is 12.1 Å². The van der Waals surface area contributed by atoms with Crippen molar-refractivity contribution in [1.82, 2.24) is 14.0 Å². The molecule has 23 heavy (non-hydrogen) atoms. The van der Waals surface area contributed by atoms with Gasteiger partial charge in [0.2, 0.25) is 5.91 Å². The van der Waals surface area contributed by atoms with Crippen LogP contribution in [0.5, 0.6) is 0 Å². The van der Waals surface area contributed by atoms with Gasteiger partial charge in [-0.25, -0.2) is 4.79 Å². The number of fused-ring (bicyclic) bond motifs is 1. The quantitative estimate of drug-likeness (QED) is 0.757. The minimum Gasteiger partial charge on any atom is -0.469 e. The Morgan fingerprint density at radius 3 is 2.48 bits per heavy atom. The van der Waals surface area contributed by atoms with Crippen molar-refractivity contribution in [3.05, 3.63) is 34.7 Å². The van der Waals surface area contributed by atoms with Gasteiger partial charge in [0.15, 0.2) is 0 Å². The van der Waals surface area contributed by atoms with Gasteiger partial charge in [0, 0.05) is 20.6 Å². The fourth-order valence-corrected chi connectivity index (χ4v) is 2.56. The average Bonchev–Trinajstić information content (AvgIpc) is 2.79. The molecular formula is C16H21N3O4. The van der Waals surface area contributed by atoms with Crippen LogP contribution in [0.15, 0.2) is 29.1 Å². The third-order valence-electron chi connectivity index (χ3n) is 3.92.